The Morgan fingerprint density at radius 3 is 2.62 bits per heavy atom. The van der Waals surface area contributed by atoms with Gasteiger partial charge in [-0.05, 0) is 56.4 Å². The minimum Gasteiger partial charge on any atom is -0.376 e. The third-order valence-electron chi connectivity index (χ3n) is 8.14. The third-order valence-corrected chi connectivity index (χ3v) is 9.39. The summed E-state index contributed by atoms with van der Waals surface area (Å²) in [6, 6.07) is 24.7. The number of carbonyl (C=O) groups is 2. The lowest BCUT2D eigenvalue weighted by Crippen LogP contribution is -2.44. The maximum Gasteiger partial charge on any atom is 0.240 e. The van der Waals surface area contributed by atoms with Gasteiger partial charge in [0.2, 0.25) is 11.8 Å². The van der Waals surface area contributed by atoms with Crippen molar-refractivity contribution in [2.45, 2.75) is 45.0 Å². The highest BCUT2D eigenvalue weighted by Gasteiger charge is 2.38. The number of thioether (sulfide) groups is 1. The number of aromatic nitrogens is 2. The van der Waals surface area contributed by atoms with Crippen LogP contribution < -0.4 is 10.2 Å². The van der Waals surface area contributed by atoms with Gasteiger partial charge in [-0.1, -0.05) is 72.3 Å². The molecule has 2 atom stereocenters. The normalized spacial score (nSPS) is 18.5. The monoisotopic (exact) mass is 580 g/mol. The van der Waals surface area contributed by atoms with Crippen LogP contribution in [0.5, 0.6) is 0 Å². The van der Waals surface area contributed by atoms with Gasteiger partial charge in [0.1, 0.15) is 12.4 Å². The quantitative estimate of drug-likeness (QED) is 0.293. The predicted molar refractivity (Wildman–Crippen MR) is 168 cm³/mol. The highest BCUT2D eigenvalue weighted by Crippen LogP contribution is 2.48. The summed E-state index contributed by atoms with van der Waals surface area (Å²) in [6.45, 7) is 7.31. The predicted octanol–water partition coefficient (Wildman–Crippen LogP) is 5.93. The average Bonchev–Trinajstić information content (AvgIpc) is 3.63. The Balaban J connectivity index is 1.55. The fraction of sp³-hybridized carbons (Fsp3) is 0.324. The number of aryl methyl sites for hydroxylation is 2. The summed E-state index contributed by atoms with van der Waals surface area (Å²) in [6.07, 6.45) is 1.96. The number of fused-ring (bicyclic) bond motifs is 1. The molecule has 0 aliphatic carbocycles. The molecule has 0 radical (unpaired) electrons. The van der Waals surface area contributed by atoms with Gasteiger partial charge < -0.3 is 10.1 Å². The molecule has 6 rings (SSSR count). The zero-order chi connectivity index (χ0) is 29.2. The zero-order valence-corrected chi connectivity index (χ0v) is 25.1. The summed E-state index contributed by atoms with van der Waals surface area (Å²) in [5.74, 6) is 0.567. The molecule has 0 spiro atoms. The Morgan fingerprint density at radius 1 is 1.05 bits per heavy atom. The van der Waals surface area contributed by atoms with Gasteiger partial charge in [-0.2, -0.15) is 5.10 Å². The van der Waals surface area contributed by atoms with E-state index in [1.54, 1.807) is 16.7 Å². The largest absolute Gasteiger partial charge is 0.376 e. The maximum absolute atomic E-state index is 14.0. The van der Waals surface area contributed by atoms with Gasteiger partial charge >= 0.3 is 0 Å². The lowest BCUT2D eigenvalue weighted by Gasteiger charge is -2.24. The van der Waals surface area contributed by atoms with Gasteiger partial charge in [0.15, 0.2) is 0 Å². The number of nitrogens with zero attached hydrogens (tertiary/aromatic N) is 3. The van der Waals surface area contributed by atoms with Gasteiger partial charge in [-0.3, -0.25) is 14.5 Å². The van der Waals surface area contributed by atoms with Crippen molar-refractivity contribution in [1.29, 1.82) is 0 Å². The summed E-state index contributed by atoms with van der Waals surface area (Å²) in [5.41, 5.74) is 8.06. The maximum atomic E-state index is 14.0. The van der Waals surface area contributed by atoms with Crippen molar-refractivity contribution in [3.8, 4) is 16.9 Å². The number of hydrogen-bond acceptors (Lipinski definition) is 5. The highest BCUT2D eigenvalue weighted by atomic mass is 32.2. The molecule has 1 aromatic heterocycles. The fourth-order valence-electron chi connectivity index (χ4n) is 5.79. The molecule has 216 valence electrons. The Bertz CT molecular complexity index is 1610. The standard InChI is InChI=1S/C34H36N4O3S/c1-22-10-7-14-26(18-22)33-31-32(25-12-5-4-6-13-25)36-38(28-16-8-11-23(2)24(28)3)34(31)37(30(40)21-42-33)20-29(39)35-19-27-15-9-17-41-27/h4-8,10-14,16,18,27,33H,9,15,17,19-21H2,1-3H3,(H,35,39)/t27-,33+/m0/s1. The van der Waals surface area contributed by atoms with Gasteiger partial charge in [0.25, 0.3) is 0 Å². The molecule has 7 nitrogen and oxygen atoms in total. The molecule has 3 aromatic carbocycles. The molecule has 3 heterocycles. The van der Waals surface area contributed by atoms with E-state index in [0.717, 1.165) is 64.2 Å². The molecular weight excluding hydrogens is 544 g/mol. The van der Waals surface area contributed by atoms with Crippen molar-refractivity contribution in [1.82, 2.24) is 15.1 Å². The van der Waals surface area contributed by atoms with E-state index in [9.17, 15) is 9.59 Å². The minimum atomic E-state index is -0.209. The van der Waals surface area contributed by atoms with Gasteiger partial charge in [-0.25, -0.2) is 4.68 Å². The Morgan fingerprint density at radius 2 is 1.86 bits per heavy atom. The molecule has 2 amide bonds. The lowest BCUT2D eigenvalue weighted by atomic mass is 9.98. The van der Waals surface area contributed by atoms with Crippen molar-refractivity contribution in [3.63, 3.8) is 0 Å². The van der Waals surface area contributed by atoms with Crippen LogP contribution in [-0.2, 0) is 14.3 Å². The van der Waals surface area contributed by atoms with Crippen LogP contribution >= 0.6 is 11.8 Å². The van der Waals surface area contributed by atoms with Crippen LogP contribution in [0.1, 0.15) is 45.9 Å². The van der Waals surface area contributed by atoms with E-state index in [1.807, 2.05) is 35.0 Å². The molecule has 1 N–H and O–H groups in total. The van der Waals surface area contributed by atoms with Crippen LogP contribution in [-0.4, -0.2) is 53.1 Å². The van der Waals surface area contributed by atoms with Crippen LogP contribution in [0.15, 0.2) is 72.8 Å². The number of rotatable bonds is 7. The number of anilines is 1. The second-order valence-electron chi connectivity index (χ2n) is 11.1. The van der Waals surface area contributed by atoms with E-state index >= 15 is 0 Å². The molecule has 2 aliphatic rings. The van der Waals surface area contributed by atoms with Crippen LogP contribution in [0.2, 0.25) is 0 Å². The number of benzene rings is 3. The molecule has 1 saturated heterocycles. The van der Waals surface area contributed by atoms with Crippen molar-refractivity contribution in [3.05, 3.63) is 101 Å². The van der Waals surface area contributed by atoms with Crippen LogP contribution in [0.25, 0.3) is 16.9 Å². The Labute approximate surface area is 251 Å². The summed E-state index contributed by atoms with van der Waals surface area (Å²) >= 11 is 1.59. The first-order chi connectivity index (χ1) is 20.4. The second-order valence-corrected chi connectivity index (χ2v) is 12.2. The van der Waals surface area contributed by atoms with Crippen molar-refractivity contribution in [2.75, 3.05) is 30.3 Å². The van der Waals surface area contributed by atoms with Crippen LogP contribution in [0.4, 0.5) is 5.82 Å². The van der Waals surface area contributed by atoms with E-state index < -0.39 is 0 Å². The molecule has 0 unspecified atom stereocenters. The molecule has 42 heavy (non-hydrogen) atoms. The third kappa shape index (κ3) is 5.61. The molecule has 8 heteroatoms. The summed E-state index contributed by atoms with van der Waals surface area (Å²) in [5, 5.41) is 8.10. The summed E-state index contributed by atoms with van der Waals surface area (Å²) < 4.78 is 7.59. The van der Waals surface area contributed by atoms with Gasteiger partial charge in [-0.15, -0.1) is 11.8 Å². The first kappa shape index (κ1) is 28.2. The van der Waals surface area contributed by atoms with Gasteiger partial charge in [0, 0.05) is 24.3 Å². The number of ether oxygens (including phenoxy) is 1. The van der Waals surface area contributed by atoms with E-state index in [1.165, 1.54) is 0 Å². The number of carbonyl (C=O) groups excluding carboxylic acids is 2. The first-order valence-electron chi connectivity index (χ1n) is 14.5. The Hall–Kier alpha value is -3.88. The second kappa shape index (κ2) is 12.2. The molecule has 1 fully saturated rings. The SMILES string of the molecule is Cc1cccc([C@H]2SCC(=O)N(CC(=O)NC[C@@H]3CCCO3)c3c2c(-c2ccccc2)nn3-c2cccc(C)c2C)c1. The topological polar surface area (TPSA) is 76.5 Å². The average molecular weight is 581 g/mol. The van der Waals surface area contributed by atoms with Gasteiger partial charge in [0.05, 0.1) is 28.5 Å². The van der Waals surface area contributed by atoms with Crippen molar-refractivity contribution >= 4 is 29.4 Å². The van der Waals surface area contributed by atoms with Crippen molar-refractivity contribution in [2.24, 2.45) is 0 Å². The zero-order valence-electron chi connectivity index (χ0n) is 24.3. The molecule has 2 aliphatic heterocycles. The Kier molecular flexibility index (Phi) is 8.18. The number of amides is 2. The van der Waals surface area contributed by atoms with E-state index in [-0.39, 0.29) is 35.5 Å². The molecule has 0 saturated carbocycles. The van der Waals surface area contributed by atoms with E-state index in [2.05, 4.69) is 68.6 Å². The summed E-state index contributed by atoms with van der Waals surface area (Å²) in [7, 11) is 0. The highest BCUT2D eigenvalue weighted by molar-refractivity contribution is 8.00. The lowest BCUT2D eigenvalue weighted by molar-refractivity contribution is -0.123. The number of hydrogen-bond donors (Lipinski definition) is 1. The van der Waals surface area contributed by atoms with E-state index in [0.29, 0.717) is 12.4 Å². The molecule has 4 aromatic rings. The minimum absolute atomic E-state index is 0.0238. The first-order valence-corrected chi connectivity index (χ1v) is 15.6. The van der Waals surface area contributed by atoms with Crippen molar-refractivity contribution < 1.29 is 14.3 Å². The fourth-order valence-corrected chi connectivity index (χ4v) is 6.98. The molecular formula is C34H36N4O3S. The smallest absolute Gasteiger partial charge is 0.240 e. The molecule has 0 bridgehead atoms. The van der Waals surface area contributed by atoms with Crippen LogP contribution in [0, 0.1) is 20.8 Å². The van der Waals surface area contributed by atoms with Crippen LogP contribution in [0.3, 0.4) is 0 Å². The van der Waals surface area contributed by atoms with E-state index in [4.69, 9.17) is 9.84 Å². The number of nitrogens with one attached hydrogen (secondary N) is 1. The summed E-state index contributed by atoms with van der Waals surface area (Å²) in [4.78, 5) is 29.0.